The monoisotopic (exact) mass is 314 g/mol. The molecule has 1 atom stereocenters. The van der Waals surface area contributed by atoms with Gasteiger partial charge in [0.25, 0.3) is 5.91 Å². The zero-order valence-electron chi connectivity index (χ0n) is 11.9. The molecule has 0 spiro atoms. The van der Waals surface area contributed by atoms with Crippen molar-refractivity contribution >= 4 is 15.9 Å². The van der Waals surface area contributed by atoms with Crippen molar-refractivity contribution in [2.24, 2.45) is 5.14 Å². The van der Waals surface area contributed by atoms with Crippen molar-refractivity contribution in [1.82, 2.24) is 4.90 Å². The average molecular weight is 314 g/mol. The molecule has 2 N–H and O–H groups in total. The number of carbonyl (C=O) groups is 1. The van der Waals surface area contributed by atoms with Gasteiger partial charge in [-0.25, -0.2) is 17.9 Å². The van der Waals surface area contributed by atoms with Gasteiger partial charge in [0, 0.05) is 12.6 Å². The first kappa shape index (κ1) is 15.9. The van der Waals surface area contributed by atoms with E-state index in [1.54, 1.807) is 4.90 Å². The predicted molar refractivity (Wildman–Crippen MR) is 76.7 cm³/mol. The summed E-state index contributed by atoms with van der Waals surface area (Å²) in [5.74, 6) is -1.20. The van der Waals surface area contributed by atoms with Gasteiger partial charge in [0.05, 0.1) is 10.5 Å². The minimum Gasteiger partial charge on any atom is -0.336 e. The summed E-state index contributed by atoms with van der Waals surface area (Å²) in [6, 6.07) is 3.13. The highest BCUT2D eigenvalue weighted by molar-refractivity contribution is 7.89. The molecule has 7 heteroatoms. The van der Waals surface area contributed by atoms with Crippen LogP contribution >= 0.6 is 0 Å². The number of piperidine rings is 1. The standard InChI is InChI=1S/C14H19FN2O3S/c1-2-10-5-3-4-8-17(10)14(18)12-9-11(21(16,19)20)6-7-13(12)15/h6-7,9-10H,2-5,8H2,1H3,(H2,16,19,20). The summed E-state index contributed by atoms with van der Waals surface area (Å²) >= 11 is 0. The first-order valence-corrected chi connectivity index (χ1v) is 8.52. The minimum absolute atomic E-state index is 0.0730. The Hall–Kier alpha value is -1.47. The van der Waals surface area contributed by atoms with Crippen molar-refractivity contribution in [2.75, 3.05) is 6.54 Å². The summed E-state index contributed by atoms with van der Waals surface area (Å²) < 4.78 is 36.6. The normalized spacial score (nSPS) is 19.6. The lowest BCUT2D eigenvalue weighted by Gasteiger charge is -2.35. The molecule has 21 heavy (non-hydrogen) atoms. The number of carbonyl (C=O) groups excluding carboxylic acids is 1. The van der Waals surface area contributed by atoms with E-state index < -0.39 is 21.7 Å². The van der Waals surface area contributed by atoms with E-state index in [-0.39, 0.29) is 16.5 Å². The van der Waals surface area contributed by atoms with E-state index in [1.165, 1.54) is 0 Å². The maximum absolute atomic E-state index is 13.9. The molecule has 0 aromatic heterocycles. The summed E-state index contributed by atoms with van der Waals surface area (Å²) in [6.45, 7) is 2.55. The quantitative estimate of drug-likeness (QED) is 0.925. The Morgan fingerprint density at radius 1 is 1.43 bits per heavy atom. The fourth-order valence-electron chi connectivity index (χ4n) is 2.69. The van der Waals surface area contributed by atoms with Gasteiger partial charge in [-0.15, -0.1) is 0 Å². The van der Waals surface area contributed by atoms with Crippen molar-refractivity contribution < 1.29 is 17.6 Å². The zero-order chi connectivity index (χ0) is 15.6. The van der Waals surface area contributed by atoms with Crippen molar-refractivity contribution in [3.05, 3.63) is 29.6 Å². The molecule has 1 fully saturated rings. The highest BCUT2D eigenvalue weighted by Crippen LogP contribution is 2.23. The van der Waals surface area contributed by atoms with Crippen LogP contribution in [-0.4, -0.2) is 31.8 Å². The molecule has 0 bridgehead atoms. The Labute approximate surface area is 124 Å². The van der Waals surface area contributed by atoms with Crippen molar-refractivity contribution in [3.63, 3.8) is 0 Å². The Morgan fingerprint density at radius 3 is 2.76 bits per heavy atom. The summed E-state index contributed by atoms with van der Waals surface area (Å²) in [5.41, 5.74) is -0.234. The molecule has 1 amide bonds. The minimum atomic E-state index is -3.96. The number of nitrogens with zero attached hydrogens (tertiary/aromatic N) is 1. The molecular weight excluding hydrogens is 295 g/mol. The van der Waals surface area contributed by atoms with Gasteiger partial charge < -0.3 is 4.90 Å². The Morgan fingerprint density at radius 2 is 2.14 bits per heavy atom. The number of benzene rings is 1. The van der Waals surface area contributed by atoms with Gasteiger partial charge in [-0.3, -0.25) is 4.79 Å². The highest BCUT2D eigenvalue weighted by Gasteiger charge is 2.28. The Balaban J connectivity index is 2.38. The second kappa shape index (κ2) is 6.11. The lowest BCUT2D eigenvalue weighted by Crippen LogP contribution is -2.43. The van der Waals surface area contributed by atoms with Crippen molar-refractivity contribution in [2.45, 2.75) is 43.5 Å². The van der Waals surface area contributed by atoms with E-state index in [9.17, 15) is 17.6 Å². The van der Waals surface area contributed by atoms with Crippen LogP contribution in [0.3, 0.4) is 0 Å². The van der Waals surface area contributed by atoms with Crippen molar-refractivity contribution in [1.29, 1.82) is 0 Å². The van der Waals surface area contributed by atoms with Gasteiger partial charge in [-0.1, -0.05) is 6.92 Å². The van der Waals surface area contributed by atoms with E-state index in [0.717, 1.165) is 43.9 Å². The van der Waals surface area contributed by atoms with Gasteiger partial charge in [0.1, 0.15) is 5.82 Å². The molecule has 5 nitrogen and oxygen atoms in total. The SMILES string of the molecule is CCC1CCCCN1C(=O)c1cc(S(N)(=O)=O)ccc1F. The van der Waals surface area contributed by atoms with Crippen LogP contribution in [0.5, 0.6) is 0 Å². The second-order valence-corrected chi connectivity index (χ2v) is 6.80. The zero-order valence-corrected chi connectivity index (χ0v) is 12.7. The number of halogens is 1. The number of nitrogens with two attached hydrogens (primary N) is 1. The molecule has 0 aliphatic carbocycles. The fraction of sp³-hybridized carbons (Fsp3) is 0.500. The van der Waals surface area contributed by atoms with Crippen molar-refractivity contribution in [3.8, 4) is 0 Å². The van der Waals surface area contributed by atoms with E-state index in [1.807, 2.05) is 6.92 Å². The van der Waals surface area contributed by atoms with Gasteiger partial charge in [0.2, 0.25) is 10.0 Å². The summed E-state index contributed by atoms with van der Waals surface area (Å²) in [5, 5.41) is 5.03. The Kier molecular flexibility index (Phi) is 4.63. The molecule has 0 radical (unpaired) electrons. The van der Waals surface area contributed by atoms with Crippen LogP contribution < -0.4 is 5.14 Å². The van der Waals surface area contributed by atoms with E-state index in [0.29, 0.717) is 6.54 Å². The maximum Gasteiger partial charge on any atom is 0.257 e. The van der Waals surface area contributed by atoms with Crippen LogP contribution in [0, 0.1) is 5.82 Å². The fourth-order valence-corrected chi connectivity index (χ4v) is 3.23. The topological polar surface area (TPSA) is 80.5 Å². The average Bonchev–Trinajstić information content (AvgIpc) is 2.45. The van der Waals surface area contributed by atoms with Gasteiger partial charge >= 0.3 is 0 Å². The van der Waals surface area contributed by atoms with Crippen LogP contribution in [-0.2, 0) is 10.0 Å². The van der Waals surface area contributed by atoms with Crippen LogP contribution in [0.2, 0.25) is 0 Å². The van der Waals surface area contributed by atoms with Crippen LogP contribution in [0.25, 0.3) is 0 Å². The smallest absolute Gasteiger partial charge is 0.257 e. The lowest BCUT2D eigenvalue weighted by atomic mass is 9.99. The molecule has 0 saturated carbocycles. The number of primary sulfonamides is 1. The van der Waals surface area contributed by atoms with Crippen LogP contribution in [0.4, 0.5) is 4.39 Å². The third kappa shape index (κ3) is 3.41. The summed E-state index contributed by atoms with van der Waals surface area (Å²) in [6.07, 6.45) is 3.60. The third-order valence-corrected chi connectivity index (χ3v) is 4.77. The van der Waals surface area contributed by atoms with Gasteiger partial charge in [0.15, 0.2) is 0 Å². The van der Waals surface area contributed by atoms with Gasteiger partial charge in [-0.05, 0) is 43.9 Å². The largest absolute Gasteiger partial charge is 0.336 e. The van der Waals surface area contributed by atoms with E-state index >= 15 is 0 Å². The van der Waals surface area contributed by atoms with Crippen LogP contribution in [0.1, 0.15) is 43.0 Å². The number of sulfonamides is 1. The number of hydrogen-bond acceptors (Lipinski definition) is 3. The molecule has 1 heterocycles. The second-order valence-electron chi connectivity index (χ2n) is 5.24. The third-order valence-electron chi connectivity index (χ3n) is 3.86. The molecule has 1 aliphatic rings. The number of amides is 1. The predicted octanol–water partition coefficient (Wildman–Crippen LogP) is 1.88. The van der Waals surface area contributed by atoms with E-state index in [2.05, 4.69) is 0 Å². The molecular formula is C14H19FN2O3S. The first-order valence-electron chi connectivity index (χ1n) is 6.98. The molecule has 1 aliphatic heterocycles. The first-order chi connectivity index (χ1) is 9.84. The summed E-state index contributed by atoms with van der Waals surface area (Å²) in [4.78, 5) is 13.9. The van der Waals surface area contributed by atoms with E-state index in [4.69, 9.17) is 5.14 Å². The van der Waals surface area contributed by atoms with Gasteiger partial charge in [-0.2, -0.15) is 0 Å². The number of likely N-dealkylation sites (tertiary alicyclic amines) is 1. The van der Waals surface area contributed by atoms with Crippen LogP contribution in [0.15, 0.2) is 23.1 Å². The maximum atomic E-state index is 13.9. The number of rotatable bonds is 3. The number of hydrogen-bond donors (Lipinski definition) is 1. The lowest BCUT2D eigenvalue weighted by molar-refractivity contribution is 0.0603. The molecule has 1 aromatic rings. The highest BCUT2D eigenvalue weighted by atomic mass is 32.2. The molecule has 1 unspecified atom stereocenters. The molecule has 2 rings (SSSR count). The Bertz CT molecular complexity index is 646. The summed E-state index contributed by atoms with van der Waals surface area (Å²) in [7, 11) is -3.96. The molecule has 116 valence electrons. The molecule has 1 saturated heterocycles. The molecule has 1 aromatic carbocycles.